The number of rotatable bonds is 7. The Bertz CT molecular complexity index is 598. The maximum atomic E-state index is 12.2. The Balaban J connectivity index is 2.03. The van der Waals surface area contributed by atoms with Crippen molar-refractivity contribution < 1.29 is 14.4 Å². The number of aromatic nitrogens is 1. The minimum Gasteiger partial charge on any atom is -0.391 e. The number of benzene rings is 1. The Hall–Kier alpha value is -2.34. The van der Waals surface area contributed by atoms with Crippen LogP contribution in [0.25, 0.3) is 0 Å². The largest absolute Gasteiger partial charge is 0.391 e. The third-order valence-electron chi connectivity index (χ3n) is 3.25. The van der Waals surface area contributed by atoms with Gasteiger partial charge in [-0.3, -0.25) is 4.79 Å². The van der Waals surface area contributed by atoms with Crippen molar-refractivity contribution in [1.82, 2.24) is 5.16 Å². The summed E-state index contributed by atoms with van der Waals surface area (Å²) in [6.45, 7) is 4.20. The van der Waals surface area contributed by atoms with Gasteiger partial charge in [-0.2, -0.15) is 0 Å². The molecule has 1 amide bonds. The van der Waals surface area contributed by atoms with Gasteiger partial charge in [-0.05, 0) is 25.5 Å². The summed E-state index contributed by atoms with van der Waals surface area (Å²) in [7, 11) is 0. The number of carbonyl (C=O) groups excluding carboxylic acids is 1. The van der Waals surface area contributed by atoms with Crippen molar-refractivity contribution in [2.24, 2.45) is 0 Å². The summed E-state index contributed by atoms with van der Waals surface area (Å²) >= 11 is 0. The molecule has 6 nitrogen and oxygen atoms in total. The summed E-state index contributed by atoms with van der Waals surface area (Å²) in [4.78, 5) is 14.0. The molecule has 0 fully saturated rings. The Morgan fingerprint density at radius 1 is 1.41 bits per heavy atom. The number of amides is 1. The third-order valence-corrected chi connectivity index (χ3v) is 3.25. The van der Waals surface area contributed by atoms with E-state index in [0.717, 1.165) is 5.69 Å². The van der Waals surface area contributed by atoms with Crippen molar-refractivity contribution >= 4 is 17.4 Å². The fourth-order valence-corrected chi connectivity index (χ4v) is 2.06. The second-order valence-corrected chi connectivity index (χ2v) is 5.15. The normalized spacial score (nSPS) is 12.0. The van der Waals surface area contributed by atoms with E-state index in [2.05, 4.69) is 10.5 Å². The van der Waals surface area contributed by atoms with E-state index in [-0.39, 0.29) is 12.5 Å². The van der Waals surface area contributed by atoms with Crippen LogP contribution in [0, 0.1) is 6.92 Å². The Kier molecular flexibility index (Phi) is 5.55. The van der Waals surface area contributed by atoms with Gasteiger partial charge in [-0.1, -0.05) is 30.3 Å². The van der Waals surface area contributed by atoms with Crippen molar-refractivity contribution in [2.75, 3.05) is 23.3 Å². The molecule has 0 saturated heterocycles. The number of aryl methyl sites for hydroxylation is 1. The molecule has 0 aliphatic carbocycles. The van der Waals surface area contributed by atoms with Gasteiger partial charge in [0.2, 0.25) is 5.91 Å². The number of hydrogen-bond acceptors (Lipinski definition) is 5. The van der Waals surface area contributed by atoms with Gasteiger partial charge in [-0.25, -0.2) is 0 Å². The third kappa shape index (κ3) is 4.60. The van der Waals surface area contributed by atoms with E-state index in [1.165, 1.54) is 0 Å². The van der Waals surface area contributed by atoms with Crippen LogP contribution < -0.4 is 10.2 Å². The fraction of sp³-hybridized carbons (Fsp3) is 0.375. The van der Waals surface area contributed by atoms with Gasteiger partial charge in [0.15, 0.2) is 5.82 Å². The molecule has 0 aliphatic heterocycles. The average Bonchev–Trinajstić information content (AvgIpc) is 2.92. The zero-order valence-electron chi connectivity index (χ0n) is 12.8. The molecule has 0 bridgehead atoms. The number of anilines is 2. The lowest BCUT2D eigenvalue weighted by atomic mass is 10.2. The van der Waals surface area contributed by atoms with Crippen LogP contribution in [-0.4, -0.2) is 35.4 Å². The first-order valence-corrected chi connectivity index (χ1v) is 7.29. The SMILES string of the molecule is CC[C@H](O)CN(CC(=O)Nc1cc(C)on1)c1ccccc1. The number of nitrogens with zero attached hydrogens (tertiary/aromatic N) is 2. The van der Waals surface area contributed by atoms with Gasteiger partial charge >= 0.3 is 0 Å². The highest BCUT2D eigenvalue weighted by Gasteiger charge is 2.16. The average molecular weight is 303 g/mol. The molecule has 2 aromatic rings. The van der Waals surface area contributed by atoms with E-state index in [1.54, 1.807) is 13.0 Å². The predicted molar refractivity (Wildman–Crippen MR) is 84.8 cm³/mol. The van der Waals surface area contributed by atoms with Gasteiger partial charge < -0.3 is 19.8 Å². The van der Waals surface area contributed by atoms with Gasteiger partial charge in [0.25, 0.3) is 0 Å². The molecule has 6 heteroatoms. The molecule has 2 rings (SSSR count). The fourth-order valence-electron chi connectivity index (χ4n) is 2.06. The highest BCUT2D eigenvalue weighted by Crippen LogP contribution is 2.15. The van der Waals surface area contributed by atoms with Gasteiger partial charge in [-0.15, -0.1) is 0 Å². The van der Waals surface area contributed by atoms with Crippen molar-refractivity contribution in [3.63, 3.8) is 0 Å². The standard InChI is InChI=1S/C16H21N3O3/c1-3-14(20)10-19(13-7-5-4-6-8-13)11-16(21)17-15-9-12(2)22-18-15/h4-9,14,20H,3,10-11H2,1-2H3,(H,17,18,21)/t14-/m0/s1. The smallest absolute Gasteiger partial charge is 0.245 e. The molecule has 0 aliphatic rings. The van der Waals surface area contributed by atoms with Crippen LogP contribution in [0.3, 0.4) is 0 Å². The lowest BCUT2D eigenvalue weighted by molar-refractivity contribution is -0.115. The first kappa shape index (κ1) is 16.0. The minimum absolute atomic E-state index is 0.132. The van der Waals surface area contributed by atoms with Crippen LogP contribution >= 0.6 is 0 Å². The van der Waals surface area contributed by atoms with Crippen LogP contribution in [0.1, 0.15) is 19.1 Å². The van der Waals surface area contributed by atoms with Crippen LogP contribution in [0.2, 0.25) is 0 Å². The van der Waals surface area contributed by atoms with E-state index >= 15 is 0 Å². The Morgan fingerprint density at radius 3 is 2.73 bits per heavy atom. The van der Waals surface area contributed by atoms with E-state index in [9.17, 15) is 9.90 Å². The molecule has 2 N–H and O–H groups in total. The van der Waals surface area contributed by atoms with Gasteiger partial charge in [0, 0.05) is 18.3 Å². The number of hydrogen-bond donors (Lipinski definition) is 2. The number of aliphatic hydroxyl groups excluding tert-OH is 1. The lowest BCUT2D eigenvalue weighted by Gasteiger charge is -2.26. The second kappa shape index (κ2) is 7.61. The molecule has 0 spiro atoms. The molecule has 1 aromatic carbocycles. The molecular formula is C16H21N3O3. The molecule has 22 heavy (non-hydrogen) atoms. The van der Waals surface area contributed by atoms with Crippen LogP contribution in [0.15, 0.2) is 40.9 Å². The van der Waals surface area contributed by atoms with Gasteiger partial charge in [0.05, 0.1) is 12.6 Å². The zero-order chi connectivity index (χ0) is 15.9. The summed E-state index contributed by atoms with van der Waals surface area (Å²) in [5.74, 6) is 0.823. The molecular weight excluding hydrogens is 282 g/mol. The number of aliphatic hydroxyl groups is 1. The van der Waals surface area contributed by atoms with Crippen molar-refractivity contribution in [2.45, 2.75) is 26.4 Å². The molecule has 1 aromatic heterocycles. The van der Waals surface area contributed by atoms with Crippen LogP contribution in [-0.2, 0) is 4.79 Å². The maximum Gasteiger partial charge on any atom is 0.245 e. The molecule has 118 valence electrons. The second-order valence-electron chi connectivity index (χ2n) is 5.15. The highest BCUT2D eigenvalue weighted by atomic mass is 16.5. The number of para-hydroxylation sites is 1. The topological polar surface area (TPSA) is 78.6 Å². The van der Waals surface area contributed by atoms with Gasteiger partial charge in [0.1, 0.15) is 5.76 Å². The lowest BCUT2D eigenvalue weighted by Crippen LogP contribution is -2.38. The molecule has 1 atom stereocenters. The molecule has 1 heterocycles. The van der Waals surface area contributed by atoms with E-state index in [0.29, 0.717) is 24.5 Å². The molecule has 0 unspecified atom stereocenters. The molecule has 0 saturated carbocycles. The van der Waals surface area contributed by atoms with Crippen LogP contribution in [0.4, 0.5) is 11.5 Å². The van der Waals surface area contributed by atoms with E-state index in [4.69, 9.17) is 4.52 Å². The summed E-state index contributed by atoms with van der Waals surface area (Å²) in [6.07, 6.45) is 0.148. The van der Waals surface area contributed by atoms with Crippen molar-refractivity contribution in [3.05, 3.63) is 42.2 Å². The highest BCUT2D eigenvalue weighted by molar-refractivity contribution is 5.93. The van der Waals surface area contributed by atoms with Crippen LogP contribution in [0.5, 0.6) is 0 Å². The first-order chi connectivity index (χ1) is 10.6. The van der Waals surface area contributed by atoms with E-state index in [1.807, 2.05) is 42.2 Å². The molecule has 0 radical (unpaired) electrons. The monoisotopic (exact) mass is 303 g/mol. The van der Waals surface area contributed by atoms with E-state index < -0.39 is 6.10 Å². The summed E-state index contributed by atoms with van der Waals surface area (Å²) in [6, 6.07) is 11.2. The van der Waals surface area contributed by atoms with Crippen molar-refractivity contribution in [1.29, 1.82) is 0 Å². The zero-order valence-corrected chi connectivity index (χ0v) is 12.8. The Labute approximate surface area is 129 Å². The maximum absolute atomic E-state index is 12.2. The Morgan fingerprint density at radius 2 is 2.14 bits per heavy atom. The van der Waals surface area contributed by atoms with Crippen molar-refractivity contribution in [3.8, 4) is 0 Å². The number of carbonyl (C=O) groups is 1. The quantitative estimate of drug-likeness (QED) is 0.820. The number of nitrogens with one attached hydrogen (secondary N) is 1. The summed E-state index contributed by atoms with van der Waals surface area (Å²) in [5.41, 5.74) is 0.890. The summed E-state index contributed by atoms with van der Waals surface area (Å²) < 4.78 is 4.92. The first-order valence-electron chi connectivity index (χ1n) is 7.29. The minimum atomic E-state index is -0.484. The summed E-state index contributed by atoms with van der Waals surface area (Å²) in [5, 5.41) is 16.3. The predicted octanol–water partition coefficient (Wildman–Crippen LogP) is 2.20.